The molecule has 1 unspecified atom stereocenters. The minimum atomic E-state index is -6.90. The molecule has 0 bridgehead atoms. The van der Waals surface area contributed by atoms with Gasteiger partial charge in [-0.3, -0.25) is 0 Å². The molecular formula is C6H5F9O2. The topological polar surface area (TPSA) is 40.5 Å². The third-order valence-electron chi connectivity index (χ3n) is 1.77. The van der Waals surface area contributed by atoms with Crippen LogP contribution in [0.25, 0.3) is 0 Å². The van der Waals surface area contributed by atoms with E-state index in [1.54, 1.807) is 0 Å². The summed E-state index contributed by atoms with van der Waals surface area (Å²) in [5.41, 5.74) is 0. The van der Waals surface area contributed by atoms with E-state index in [-0.39, 0.29) is 0 Å². The fourth-order valence-corrected chi connectivity index (χ4v) is 0.688. The molecule has 0 aliphatic carbocycles. The molecule has 0 radical (unpaired) electrons. The van der Waals surface area contributed by atoms with Crippen molar-refractivity contribution in [2.75, 3.05) is 6.61 Å². The Balaban J connectivity index is 5.61. The highest BCUT2D eigenvalue weighted by Gasteiger charge is 2.82. The summed E-state index contributed by atoms with van der Waals surface area (Å²) in [6, 6.07) is 0. The molecule has 11 heteroatoms. The van der Waals surface area contributed by atoms with Gasteiger partial charge in [0.25, 0.3) is 6.36 Å². The lowest BCUT2D eigenvalue weighted by atomic mass is 9.99. The van der Waals surface area contributed by atoms with Crippen LogP contribution in [-0.2, 0) is 0 Å². The van der Waals surface area contributed by atoms with Crippen molar-refractivity contribution in [2.45, 2.75) is 30.0 Å². The molecule has 0 rings (SSSR count). The third kappa shape index (κ3) is 2.17. The average molecular weight is 280 g/mol. The Morgan fingerprint density at radius 1 is 0.824 bits per heavy atom. The normalized spacial score (nSPS) is 17.1. The summed E-state index contributed by atoms with van der Waals surface area (Å²) in [6.07, 6.45) is -4.78. The second-order valence-corrected chi connectivity index (χ2v) is 2.97. The van der Waals surface area contributed by atoms with E-state index in [1.165, 1.54) is 0 Å². The standard InChI is InChI=1S/C6H5F9O2/c7-2(17)4(10,11)6(14,15)5(12,13)3(8,9)1-16/h2,16-17H,1H2. The van der Waals surface area contributed by atoms with Crippen LogP contribution in [0.2, 0.25) is 0 Å². The van der Waals surface area contributed by atoms with E-state index in [0.717, 1.165) is 0 Å². The lowest BCUT2D eigenvalue weighted by Gasteiger charge is -2.35. The van der Waals surface area contributed by atoms with Gasteiger partial charge in [0.15, 0.2) is 0 Å². The summed E-state index contributed by atoms with van der Waals surface area (Å²) in [5.74, 6) is -26.0. The summed E-state index contributed by atoms with van der Waals surface area (Å²) in [5, 5.41) is 15.3. The third-order valence-corrected chi connectivity index (χ3v) is 1.77. The molecule has 0 saturated carbocycles. The zero-order chi connectivity index (χ0) is 14.3. The van der Waals surface area contributed by atoms with Gasteiger partial charge in [-0.05, 0) is 0 Å². The highest BCUT2D eigenvalue weighted by Crippen LogP contribution is 2.53. The average Bonchev–Trinajstić information content (AvgIpc) is 2.16. The largest absolute Gasteiger partial charge is 0.390 e. The molecular weight excluding hydrogens is 275 g/mol. The van der Waals surface area contributed by atoms with Crippen molar-refractivity contribution in [3.05, 3.63) is 0 Å². The van der Waals surface area contributed by atoms with Crippen LogP contribution in [0.4, 0.5) is 39.5 Å². The zero-order valence-electron chi connectivity index (χ0n) is 7.58. The summed E-state index contributed by atoms with van der Waals surface area (Å²) in [7, 11) is 0. The van der Waals surface area contributed by atoms with Gasteiger partial charge in [-0.1, -0.05) is 0 Å². The Kier molecular flexibility index (Phi) is 4.02. The molecule has 0 aromatic carbocycles. The van der Waals surface area contributed by atoms with Gasteiger partial charge < -0.3 is 10.2 Å². The van der Waals surface area contributed by atoms with Crippen molar-refractivity contribution in [1.29, 1.82) is 0 Å². The fourth-order valence-electron chi connectivity index (χ4n) is 0.688. The van der Waals surface area contributed by atoms with E-state index in [1.807, 2.05) is 0 Å². The highest BCUT2D eigenvalue weighted by atomic mass is 19.4. The van der Waals surface area contributed by atoms with Gasteiger partial charge in [0.2, 0.25) is 0 Å². The molecule has 17 heavy (non-hydrogen) atoms. The molecule has 0 amide bonds. The second-order valence-electron chi connectivity index (χ2n) is 2.97. The Morgan fingerprint density at radius 3 is 1.41 bits per heavy atom. The number of rotatable bonds is 5. The second kappa shape index (κ2) is 4.19. The first-order valence-electron chi connectivity index (χ1n) is 3.70. The maximum Gasteiger partial charge on any atom is 0.383 e. The molecule has 0 heterocycles. The van der Waals surface area contributed by atoms with Crippen molar-refractivity contribution in [1.82, 2.24) is 0 Å². The molecule has 0 fully saturated rings. The summed E-state index contributed by atoms with van der Waals surface area (Å²) in [4.78, 5) is 0. The molecule has 1 atom stereocenters. The van der Waals surface area contributed by atoms with Crippen LogP contribution < -0.4 is 0 Å². The van der Waals surface area contributed by atoms with Crippen LogP contribution in [0.15, 0.2) is 0 Å². The Bertz CT molecular complexity index is 275. The van der Waals surface area contributed by atoms with Gasteiger partial charge in [0.05, 0.1) is 0 Å². The van der Waals surface area contributed by atoms with Crippen LogP contribution >= 0.6 is 0 Å². The summed E-state index contributed by atoms with van der Waals surface area (Å²) >= 11 is 0. The molecule has 2 nitrogen and oxygen atoms in total. The maximum absolute atomic E-state index is 12.4. The SMILES string of the molecule is OCC(F)(F)C(F)(F)C(F)(F)C(F)(F)C(O)F. The Hall–Kier alpha value is -0.710. The molecule has 0 aliphatic heterocycles. The van der Waals surface area contributed by atoms with Gasteiger partial charge >= 0.3 is 23.7 Å². The van der Waals surface area contributed by atoms with E-state index in [0.29, 0.717) is 0 Å². The monoisotopic (exact) mass is 280 g/mol. The van der Waals surface area contributed by atoms with E-state index in [9.17, 15) is 39.5 Å². The predicted molar refractivity (Wildman–Crippen MR) is 34.0 cm³/mol. The quantitative estimate of drug-likeness (QED) is 0.754. The molecule has 0 aliphatic rings. The van der Waals surface area contributed by atoms with Crippen LogP contribution in [0.3, 0.4) is 0 Å². The van der Waals surface area contributed by atoms with Crippen LogP contribution in [-0.4, -0.2) is 46.9 Å². The van der Waals surface area contributed by atoms with E-state index >= 15 is 0 Å². The number of aliphatic hydroxyl groups excluding tert-OH is 2. The Morgan fingerprint density at radius 2 is 1.18 bits per heavy atom. The van der Waals surface area contributed by atoms with Crippen molar-refractivity contribution < 1.29 is 49.7 Å². The van der Waals surface area contributed by atoms with Gasteiger partial charge in [0.1, 0.15) is 6.61 Å². The molecule has 0 spiro atoms. The summed E-state index contributed by atoms with van der Waals surface area (Å²) < 4.78 is 110. The van der Waals surface area contributed by atoms with Gasteiger partial charge in [-0.2, -0.15) is 35.1 Å². The van der Waals surface area contributed by atoms with Crippen LogP contribution in [0.5, 0.6) is 0 Å². The number of aliphatic hydroxyl groups is 2. The summed E-state index contributed by atoms with van der Waals surface area (Å²) in [6.45, 7) is -2.87. The van der Waals surface area contributed by atoms with Gasteiger partial charge in [0, 0.05) is 0 Å². The highest BCUT2D eigenvalue weighted by molar-refractivity contribution is 5.04. The predicted octanol–water partition coefficient (Wildman–Crippen LogP) is 1.81. The number of hydrogen-bond acceptors (Lipinski definition) is 2. The molecule has 0 saturated heterocycles. The molecule has 0 aromatic heterocycles. The maximum atomic E-state index is 12.4. The first-order chi connectivity index (χ1) is 7.25. The van der Waals surface area contributed by atoms with Crippen molar-refractivity contribution in [3.63, 3.8) is 0 Å². The van der Waals surface area contributed by atoms with E-state index in [2.05, 4.69) is 0 Å². The van der Waals surface area contributed by atoms with E-state index in [4.69, 9.17) is 10.2 Å². The van der Waals surface area contributed by atoms with E-state index < -0.39 is 36.7 Å². The Labute approximate surface area is 87.6 Å². The molecule has 2 N–H and O–H groups in total. The van der Waals surface area contributed by atoms with Crippen LogP contribution in [0, 0.1) is 0 Å². The van der Waals surface area contributed by atoms with Crippen molar-refractivity contribution >= 4 is 0 Å². The molecule has 104 valence electrons. The number of halogens is 9. The minimum Gasteiger partial charge on any atom is -0.390 e. The fraction of sp³-hybridized carbons (Fsp3) is 1.00. The van der Waals surface area contributed by atoms with Crippen molar-refractivity contribution in [3.8, 4) is 0 Å². The number of hydrogen-bond donors (Lipinski definition) is 2. The van der Waals surface area contributed by atoms with Gasteiger partial charge in [-0.15, -0.1) is 0 Å². The lowest BCUT2D eigenvalue weighted by molar-refractivity contribution is -0.392. The van der Waals surface area contributed by atoms with Gasteiger partial charge in [-0.25, -0.2) is 4.39 Å². The smallest absolute Gasteiger partial charge is 0.383 e. The zero-order valence-corrected chi connectivity index (χ0v) is 7.58. The first-order valence-corrected chi connectivity index (χ1v) is 3.70. The minimum absolute atomic E-state index is 2.87. The first kappa shape index (κ1) is 16.3. The lowest BCUT2D eigenvalue weighted by Crippen LogP contribution is -2.65. The van der Waals surface area contributed by atoms with Crippen molar-refractivity contribution in [2.24, 2.45) is 0 Å². The van der Waals surface area contributed by atoms with Crippen LogP contribution in [0.1, 0.15) is 0 Å². The molecule has 0 aromatic rings. The number of alkyl halides is 9.